The Balaban J connectivity index is 2.45. The normalized spacial score (nSPS) is 9.92. The molecule has 3 heteroatoms. The fourth-order valence-electron chi connectivity index (χ4n) is 1.03. The van der Waals surface area contributed by atoms with Gasteiger partial charge in [-0.2, -0.15) is 0 Å². The van der Waals surface area contributed by atoms with Crippen molar-refractivity contribution in [3.63, 3.8) is 0 Å². The summed E-state index contributed by atoms with van der Waals surface area (Å²) in [4.78, 5) is 21.2. The van der Waals surface area contributed by atoms with Crippen molar-refractivity contribution in [1.82, 2.24) is 0 Å². The van der Waals surface area contributed by atoms with E-state index in [9.17, 15) is 9.59 Å². The second kappa shape index (κ2) is 4.60. The SMILES string of the molecule is CCC(=O)CCc1ccc(C=O)o1. The van der Waals surface area contributed by atoms with Crippen molar-refractivity contribution in [2.24, 2.45) is 0 Å². The minimum atomic E-state index is 0.212. The molecule has 0 spiro atoms. The highest BCUT2D eigenvalue weighted by Gasteiger charge is 2.03. The molecule has 0 unspecified atom stereocenters. The lowest BCUT2D eigenvalue weighted by Gasteiger charge is -1.93. The monoisotopic (exact) mass is 180 g/mol. The van der Waals surface area contributed by atoms with Crippen LogP contribution in [-0.4, -0.2) is 12.1 Å². The van der Waals surface area contributed by atoms with Crippen LogP contribution in [0.1, 0.15) is 36.1 Å². The van der Waals surface area contributed by atoms with Gasteiger partial charge in [-0.05, 0) is 12.1 Å². The van der Waals surface area contributed by atoms with Crippen LogP contribution in [0.15, 0.2) is 16.5 Å². The average molecular weight is 180 g/mol. The predicted octanol–water partition coefficient (Wildman–Crippen LogP) is 2.00. The molecule has 0 saturated carbocycles. The molecule has 13 heavy (non-hydrogen) atoms. The number of rotatable bonds is 5. The molecular formula is C10H12O3. The van der Waals surface area contributed by atoms with Crippen molar-refractivity contribution >= 4 is 12.1 Å². The Kier molecular flexibility index (Phi) is 3.43. The smallest absolute Gasteiger partial charge is 0.185 e. The van der Waals surface area contributed by atoms with Gasteiger partial charge in [0, 0.05) is 19.3 Å². The molecule has 1 aromatic heterocycles. The number of hydrogen-bond donors (Lipinski definition) is 0. The Morgan fingerprint density at radius 2 is 2.31 bits per heavy atom. The molecule has 0 atom stereocenters. The van der Waals surface area contributed by atoms with E-state index in [2.05, 4.69) is 0 Å². The number of furan rings is 1. The van der Waals surface area contributed by atoms with E-state index in [1.807, 2.05) is 6.92 Å². The highest BCUT2D eigenvalue weighted by molar-refractivity contribution is 5.78. The first-order valence-corrected chi connectivity index (χ1v) is 4.32. The zero-order valence-electron chi connectivity index (χ0n) is 7.58. The molecule has 0 saturated heterocycles. The molecule has 0 bridgehead atoms. The summed E-state index contributed by atoms with van der Waals surface area (Å²) in [6, 6.07) is 3.34. The third-order valence-electron chi connectivity index (χ3n) is 1.84. The van der Waals surface area contributed by atoms with E-state index in [0.717, 1.165) is 0 Å². The summed E-state index contributed by atoms with van der Waals surface area (Å²) in [6.45, 7) is 1.83. The fourth-order valence-corrected chi connectivity index (χ4v) is 1.03. The van der Waals surface area contributed by atoms with E-state index < -0.39 is 0 Å². The third kappa shape index (κ3) is 2.86. The lowest BCUT2D eigenvalue weighted by molar-refractivity contribution is -0.118. The van der Waals surface area contributed by atoms with Gasteiger partial charge in [-0.15, -0.1) is 0 Å². The van der Waals surface area contributed by atoms with Gasteiger partial charge in [-0.25, -0.2) is 0 Å². The van der Waals surface area contributed by atoms with Crippen LogP contribution >= 0.6 is 0 Å². The molecule has 0 aliphatic carbocycles. The minimum absolute atomic E-state index is 0.212. The molecular weight excluding hydrogens is 168 g/mol. The second-order valence-corrected chi connectivity index (χ2v) is 2.81. The molecule has 1 aromatic rings. The van der Waals surface area contributed by atoms with Gasteiger partial charge in [0.05, 0.1) is 0 Å². The predicted molar refractivity (Wildman–Crippen MR) is 47.7 cm³/mol. The molecule has 0 aromatic carbocycles. The molecule has 0 amide bonds. The zero-order chi connectivity index (χ0) is 9.68. The van der Waals surface area contributed by atoms with Gasteiger partial charge in [0.15, 0.2) is 12.0 Å². The topological polar surface area (TPSA) is 47.3 Å². The van der Waals surface area contributed by atoms with E-state index in [-0.39, 0.29) is 5.78 Å². The Morgan fingerprint density at radius 3 is 2.85 bits per heavy atom. The lowest BCUT2D eigenvalue weighted by Crippen LogP contribution is -1.96. The summed E-state index contributed by atoms with van der Waals surface area (Å²) in [6.07, 6.45) is 2.29. The number of aldehydes is 1. The van der Waals surface area contributed by atoms with Gasteiger partial charge in [0.1, 0.15) is 11.5 Å². The molecule has 1 rings (SSSR count). The lowest BCUT2D eigenvalue weighted by atomic mass is 10.1. The Hall–Kier alpha value is -1.38. The summed E-state index contributed by atoms with van der Waals surface area (Å²) >= 11 is 0. The molecule has 0 radical (unpaired) electrons. The van der Waals surface area contributed by atoms with E-state index in [4.69, 9.17) is 4.42 Å². The van der Waals surface area contributed by atoms with Crippen LogP contribution in [0, 0.1) is 0 Å². The van der Waals surface area contributed by atoms with Gasteiger partial charge in [-0.1, -0.05) is 6.92 Å². The number of carbonyl (C=O) groups excluding carboxylic acids is 2. The van der Waals surface area contributed by atoms with Crippen molar-refractivity contribution in [3.8, 4) is 0 Å². The molecule has 70 valence electrons. The van der Waals surface area contributed by atoms with Crippen molar-refractivity contribution in [2.75, 3.05) is 0 Å². The molecule has 1 heterocycles. The van der Waals surface area contributed by atoms with Crippen LogP contribution in [-0.2, 0) is 11.2 Å². The largest absolute Gasteiger partial charge is 0.458 e. The number of Topliss-reactive ketones (excluding diaryl/α,β-unsaturated/α-hetero) is 1. The summed E-state index contributed by atoms with van der Waals surface area (Å²) in [5, 5.41) is 0. The summed E-state index contributed by atoms with van der Waals surface area (Å²) in [5.74, 6) is 1.23. The molecule has 3 nitrogen and oxygen atoms in total. The van der Waals surface area contributed by atoms with Gasteiger partial charge in [0.25, 0.3) is 0 Å². The van der Waals surface area contributed by atoms with Crippen molar-refractivity contribution in [1.29, 1.82) is 0 Å². The number of carbonyl (C=O) groups is 2. The molecule has 0 aliphatic heterocycles. The van der Waals surface area contributed by atoms with Crippen molar-refractivity contribution in [2.45, 2.75) is 26.2 Å². The van der Waals surface area contributed by atoms with E-state index in [1.54, 1.807) is 12.1 Å². The van der Waals surface area contributed by atoms with Crippen LogP contribution in [0.2, 0.25) is 0 Å². The van der Waals surface area contributed by atoms with Crippen molar-refractivity contribution in [3.05, 3.63) is 23.7 Å². The molecule has 0 N–H and O–H groups in total. The first-order valence-electron chi connectivity index (χ1n) is 4.32. The first-order chi connectivity index (χ1) is 6.26. The number of aryl methyl sites for hydroxylation is 1. The zero-order valence-corrected chi connectivity index (χ0v) is 7.58. The molecule has 0 fully saturated rings. The fraction of sp³-hybridized carbons (Fsp3) is 0.400. The molecule has 0 aliphatic rings. The maximum Gasteiger partial charge on any atom is 0.185 e. The minimum Gasteiger partial charge on any atom is -0.458 e. The maximum atomic E-state index is 11.0. The third-order valence-corrected chi connectivity index (χ3v) is 1.84. The van der Waals surface area contributed by atoms with E-state index in [0.29, 0.717) is 37.1 Å². The average Bonchev–Trinajstić information content (AvgIpc) is 2.61. The number of ketones is 1. The maximum absolute atomic E-state index is 11.0. The van der Waals surface area contributed by atoms with Gasteiger partial charge in [-0.3, -0.25) is 9.59 Å². The summed E-state index contributed by atoms with van der Waals surface area (Å²) < 4.78 is 5.11. The summed E-state index contributed by atoms with van der Waals surface area (Å²) in [5.41, 5.74) is 0. The van der Waals surface area contributed by atoms with Crippen LogP contribution in [0.4, 0.5) is 0 Å². The Morgan fingerprint density at radius 1 is 1.54 bits per heavy atom. The van der Waals surface area contributed by atoms with Crippen LogP contribution in [0.25, 0.3) is 0 Å². The van der Waals surface area contributed by atoms with Gasteiger partial charge in [0.2, 0.25) is 0 Å². The van der Waals surface area contributed by atoms with Crippen molar-refractivity contribution < 1.29 is 14.0 Å². The van der Waals surface area contributed by atoms with Gasteiger partial charge >= 0.3 is 0 Å². The first kappa shape index (κ1) is 9.71. The van der Waals surface area contributed by atoms with Crippen LogP contribution in [0.3, 0.4) is 0 Å². The second-order valence-electron chi connectivity index (χ2n) is 2.81. The van der Waals surface area contributed by atoms with E-state index in [1.165, 1.54) is 0 Å². The van der Waals surface area contributed by atoms with Crippen LogP contribution < -0.4 is 0 Å². The number of hydrogen-bond acceptors (Lipinski definition) is 3. The highest BCUT2D eigenvalue weighted by Crippen LogP contribution is 2.08. The van der Waals surface area contributed by atoms with Gasteiger partial charge < -0.3 is 4.42 Å². The quantitative estimate of drug-likeness (QED) is 0.651. The highest BCUT2D eigenvalue weighted by atomic mass is 16.3. The Bertz CT molecular complexity index is 299. The standard InChI is InChI=1S/C10H12O3/c1-2-8(12)3-4-9-5-6-10(7-11)13-9/h5-7H,2-4H2,1H3. The Labute approximate surface area is 76.7 Å². The van der Waals surface area contributed by atoms with E-state index >= 15 is 0 Å². The van der Waals surface area contributed by atoms with Crippen LogP contribution in [0.5, 0.6) is 0 Å². The summed E-state index contributed by atoms with van der Waals surface area (Å²) in [7, 11) is 0.